The van der Waals surface area contributed by atoms with E-state index in [-0.39, 0.29) is 0 Å². The molecule has 0 radical (unpaired) electrons. The molecule has 3 heteroatoms. The van der Waals surface area contributed by atoms with E-state index in [2.05, 4.69) is 71.1 Å². The fraction of sp³-hybridized carbons (Fsp3) is 0.368. The van der Waals surface area contributed by atoms with Crippen molar-refractivity contribution in [1.82, 2.24) is 0 Å². The van der Waals surface area contributed by atoms with E-state index in [1.54, 1.807) is 7.11 Å². The van der Waals surface area contributed by atoms with Gasteiger partial charge in [-0.05, 0) is 55.3 Å². The molecule has 2 nitrogen and oxygen atoms in total. The van der Waals surface area contributed by atoms with Crippen molar-refractivity contribution in [1.29, 1.82) is 0 Å². The van der Waals surface area contributed by atoms with Crippen LogP contribution in [0.4, 0.5) is 5.69 Å². The Kier molecular flexibility index (Phi) is 6.32. The van der Waals surface area contributed by atoms with Gasteiger partial charge in [-0.3, -0.25) is 0 Å². The highest BCUT2D eigenvalue weighted by Crippen LogP contribution is 2.25. The molecular formula is C19H24BrNO. The topological polar surface area (TPSA) is 12.5 Å². The maximum absolute atomic E-state index is 5.27. The van der Waals surface area contributed by atoms with Gasteiger partial charge in [0.1, 0.15) is 5.75 Å². The lowest BCUT2D eigenvalue weighted by Crippen LogP contribution is -2.32. The van der Waals surface area contributed by atoms with Gasteiger partial charge in [0.2, 0.25) is 0 Å². The van der Waals surface area contributed by atoms with Gasteiger partial charge in [-0.2, -0.15) is 0 Å². The number of halogens is 1. The van der Waals surface area contributed by atoms with E-state index in [0.29, 0.717) is 6.04 Å². The highest BCUT2D eigenvalue weighted by atomic mass is 79.9. The van der Waals surface area contributed by atoms with Gasteiger partial charge in [-0.1, -0.05) is 41.4 Å². The van der Waals surface area contributed by atoms with Crippen LogP contribution in [0.1, 0.15) is 32.3 Å². The van der Waals surface area contributed by atoms with Crippen LogP contribution < -0.4 is 9.64 Å². The fourth-order valence-electron chi connectivity index (χ4n) is 2.68. The molecule has 1 atom stereocenters. The van der Waals surface area contributed by atoms with E-state index in [4.69, 9.17) is 4.74 Å². The maximum Gasteiger partial charge on any atom is 0.119 e. The molecule has 0 aliphatic rings. The third-order valence-electron chi connectivity index (χ3n) is 3.88. The molecule has 118 valence electrons. The van der Waals surface area contributed by atoms with Gasteiger partial charge in [0.05, 0.1) is 7.11 Å². The third-order valence-corrected chi connectivity index (χ3v) is 4.38. The van der Waals surface area contributed by atoms with Crippen molar-refractivity contribution in [3.63, 3.8) is 0 Å². The molecule has 0 saturated heterocycles. The first-order valence-electron chi connectivity index (χ1n) is 7.79. The molecule has 2 rings (SSSR count). The molecule has 22 heavy (non-hydrogen) atoms. The van der Waals surface area contributed by atoms with Crippen molar-refractivity contribution < 1.29 is 4.74 Å². The summed E-state index contributed by atoms with van der Waals surface area (Å²) in [5.74, 6) is 0.898. The van der Waals surface area contributed by atoms with Gasteiger partial charge < -0.3 is 9.64 Å². The van der Waals surface area contributed by atoms with Crippen molar-refractivity contribution >= 4 is 21.6 Å². The summed E-state index contributed by atoms with van der Waals surface area (Å²) in [7, 11) is 1.70. The van der Waals surface area contributed by atoms with Crippen LogP contribution in [0.3, 0.4) is 0 Å². The van der Waals surface area contributed by atoms with Crippen LogP contribution in [-0.2, 0) is 6.54 Å². The smallest absolute Gasteiger partial charge is 0.119 e. The van der Waals surface area contributed by atoms with Crippen LogP contribution in [0.15, 0.2) is 53.0 Å². The van der Waals surface area contributed by atoms with E-state index < -0.39 is 0 Å². The predicted octanol–water partition coefficient (Wildman–Crippen LogP) is 5.65. The fourth-order valence-corrected chi connectivity index (χ4v) is 3.13. The van der Waals surface area contributed by atoms with Crippen molar-refractivity contribution in [2.45, 2.75) is 39.3 Å². The number of hydrogen-bond donors (Lipinski definition) is 0. The lowest BCUT2D eigenvalue weighted by atomic mass is 10.1. The summed E-state index contributed by atoms with van der Waals surface area (Å²) in [5, 5.41) is 0. The van der Waals surface area contributed by atoms with Crippen LogP contribution in [0, 0.1) is 0 Å². The molecule has 0 fully saturated rings. The Hall–Kier alpha value is -1.48. The summed E-state index contributed by atoms with van der Waals surface area (Å²) in [6.45, 7) is 5.44. The molecule has 2 aromatic carbocycles. The standard InChI is InChI=1S/C19H24BrNO/c1-4-6-15(2)21(14-16-7-5-8-17(20)13-16)18-9-11-19(22-3)12-10-18/h5,7-13,15H,4,6,14H2,1-3H3. The monoisotopic (exact) mass is 361 g/mol. The summed E-state index contributed by atoms with van der Waals surface area (Å²) < 4.78 is 6.39. The molecule has 0 aliphatic heterocycles. The second-order valence-electron chi connectivity index (χ2n) is 5.59. The van der Waals surface area contributed by atoms with Gasteiger partial charge in [0, 0.05) is 22.7 Å². The highest BCUT2D eigenvalue weighted by molar-refractivity contribution is 9.10. The Morgan fingerprint density at radius 2 is 1.86 bits per heavy atom. The summed E-state index contributed by atoms with van der Waals surface area (Å²) >= 11 is 3.56. The number of hydrogen-bond acceptors (Lipinski definition) is 2. The zero-order chi connectivity index (χ0) is 15.9. The number of benzene rings is 2. The summed E-state index contributed by atoms with van der Waals surface area (Å²) in [4.78, 5) is 2.46. The zero-order valence-electron chi connectivity index (χ0n) is 13.6. The Balaban J connectivity index is 2.25. The molecule has 0 aromatic heterocycles. The quantitative estimate of drug-likeness (QED) is 0.631. The number of rotatable bonds is 7. The minimum atomic E-state index is 0.498. The first-order chi connectivity index (χ1) is 10.6. The number of nitrogens with zero attached hydrogens (tertiary/aromatic N) is 1. The van der Waals surface area contributed by atoms with Gasteiger partial charge in [0.25, 0.3) is 0 Å². The Morgan fingerprint density at radius 1 is 1.14 bits per heavy atom. The highest BCUT2D eigenvalue weighted by Gasteiger charge is 2.14. The lowest BCUT2D eigenvalue weighted by Gasteiger charge is -2.31. The van der Waals surface area contributed by atoms with Gasteiger partial charge in [-0.15, -0.1) is 0 Å². The summed E-state index contributed by atoms with van der Waals surface area (Å²) in [6.07, 6.45) is 2.37. The molecule has 0 bridgehead atoms. The molecule has 2 aromatic rings. The number of anilines is 1. The lowest BCUT2D eigenvalue weighted by molar-refractivity contribution is 0.414. The minimum Gasteiger partial charge on any atom is -0.497 e. The van der Waals surface area contributed by atoms with E-state index in [9.17, 15) is 0 Å². The first-order valence-corrected chi connectivity index (χ1v) is 8.58. The molecule has 0 aliphatic carbocycles. The summed E-state index contributed by atoms with van der Waals surface area (Å²) in [5.41, 5.74) is 2.55. The van der Waals surface area contributed by atoms with E-state index in [1.165, 1.54) is 24.1 Å². The SMILES string of the molecule is CCCC(C)N(Cc1cccc(Br)c1)c1ccc(OC)cc1. The van der Waals surface area contributed by atoms with Crippen LogP contribution in [0.5, 0.6) is 5.75 Å². The molecule has 0 N–H and O–H groups in total. The average Bonchev–Trinajstić information content (AvgIpc) is 2.53. The molecule has 0 saturated carbocycles. The van der Waals surface area contributed by atoms with Crippen LogP contribution in [0.2, 0.25) is 0 Å². The second-order valence-corrected chi connectivity index (χ2v) is 6.51. The largest absolute Gasteiger partial charge is 0.497 e. The van der Waals surface area contributed by atoms with E-state index in [0.717, 1.165) is 16.8 Å². The average molecular weight is 362 g/mol. The molecule has 0 spiro atoms. The molecular weight excluding hydrogens is 338 g/mol. The van der Waals surface area contributed by atoms with Crippen LogP contribution >= 0.6 is 15.9 Å². The van der Waals surface area contributed by atoms with Crippen LogP contribution in [0.25, 0.3) is 0 Å². The predicted molar refractivity (Wildman–Crippen MR) is 97.7 cm³/mol. The Labute approximate surface area is 142 Å². The van der Waals surface area contributed by atoms with E-state index >= 15 is 0 Å². The molecule has 0 amide bonds. The third kappa shape index (κ3) is 4.51. The Bertz CT molecular complexity index is 582. The normalized spacial score (nSPS) is 12.0. The van der Waals surface area contributed by atoms with Crippen molar-refractivity contribution in [2.24, 2.45) is 0 Å². The van der Waals surface area contributed by atoms with Crippen molar-refractivity contribution in [3.05, 3.63) is 58.6 Å². The zero-order valence-corrected chi connectivity index (χ0v) is 15.1. The maximum atomic E-state index is 5.27. The van der Waals surface area contributed by atoms with Crippen molar-refractivity contribution in [3.8, 4) is 5.75 Å². The summed E-state index contributed by atoms with van der Waals surface area (Å²) in [6, 6.07) is 17.4. The Morgan fingerprint density at radius 3 is 2.45 bits per heavy atom. The molecule has 0 heterocycles. The number of ether oxygens (including phenoxy) is 1. The minimum absolute atomic E-state index is 0.498. The van der Waals surface area contributed by atoms with Gasteiger partial charge in [-0.25, -0.2) is 0 Å². The van der Waals surface area contributed by atoms with Gasteiger partial charge in [0.15, 0.2) is 0 Å². The van der Waals surface area contributed by atoms with Crippen LogP contribution in [-0.4, -0.2) is 13.2 Å². The van der Waals surface area contributed by atoms with Gasteiger partial charge >= 0.3 is 0 Å². The first kappa shape index (κ1) is 16.9. The number of methoxy groups -OCH3 is 1. The van der Waals surface area contributed by atoms with Crippen molar-refractivity contribution in [2.75, 3.05) is 12.0 Å². The van der Waals surface area contributed by atoms with E-state index in [1.807, 2.05) is 12.1 Å². The molecule has 1 unspecified atom stereocenters. The second kappa shape index (κ2) is 8.23.